The highest BCUT2D eigenvalue weighted by molar-refractivity contribution is 9.10. The van der Waals surface area contributed by atoms with Crippen LogP contribution in [0.2, 0.25) is 0 Å². The molecule has 2 aromatic carbocycles. The van der Waals surface area contributed by atoms with E-state index in [0.717, 1.165) is 26.5 Å². The molecule has 3 aromatic rings. The molecular formula is C15H11BrN2O2S. The Balaban J connectivity index is 1.86. The third-order valence-corrected chi connectivity index (χ3v) is 4.34. The molecule has 4 nitrogen and oxygen atoms in total. The minimum absolute atomic E-state index is 0.138. The third-order valence-electron chi connectivity index (χ3n) is 2.89. The second-order valence-corrected chi connectivity index (χ2v) is 6.06. The van der Waals surface area contributed by atoms with Gasteiger partial charge in [0.1, 0.15) is 0 Å². The van der Waals surface area contributed by atoms with Gasteiger partial charge in [0.05, 0.1) is 11.4 Å². The number of para-hydroxylation sites is 1. The molecule has 0 amide bonds. The number of nitrogens with zero attached hydrogens (tertiary/aromatic N) is 1. The number of hydrogen-bond donors (Lipinski definition) is 3. The maximum atomic E-state index is 9.54. The van der Waals surface area contributed by atoms with E-state index in [0.29, 0.717) is 0 Å². The number of hydrogen-bond acceptors (Lipinski definition) is 5. The molecule has 0 saturated heterocycles. The summed E-state index contributed by atoms with van der Waals surface area (Å²) < 4.78 is 0.962. The fourth-order valence-electron chi connectivity index (χ4n) is 1.82. The monoisotopic (exact) mass is 362 g/mol. The number of rotatable bonds is 3. The lowest BCUT2D eigenvalue weighted by atomic mass is 10.1. The van der Waals surface area contributed by atoms with Gasteiger partial charge in [-0.15, -0.1) is 11.3 Å². The Bertz CT molecular complexity index is 789. The Morgan fingerprint density at radius 2 is 1.86 bits per heavy atom. The summed E-state index contributed by atoms with van der Waals surface area (Å²) >= 11 is 4.95. The van der Waals surface area contributed by atoms with Crippen molar-refractivity contribution in [1.29, 1.82) is 0 Å². The van der Waals surface area contributed by atoms with Crippen LogP contribution < -0.4 is 5.32 Å². The molecule has 0 saturated carbocycles. The molecule has 0 radical (unpaired) electrons. The Morgan fingerprint density at radius 3 is 2.62 bits per heavy atom. The van der Waals surface area contributed by atoms with Crippen LogP contribution in [0.1, 0.15) is 0 Å². The van der Waals surface area contributed by atoms with Crippen molar-refractivity contribution in [2.24, 2.45) is 0 Å². The number of anilines is 2. The van der Waals surface area contributed by atoms with Crippen LogP contribution in [0.5, 0.6) is 11.5 Å². The van der Waals surface area contributed by atoms with Crippen LogP contribution in [0.15, 0.2) is 52.3 Å². The summed E-state index contributed by atoms with van der Waals surface area (Å²) in [6.07, 6.45) is 0. The standard InChI is InChI=1S/C15H11BrN2O2S/c16-10-3-1-2-4-11(10)17-15-18-12(8-21-15)9-5-6-13(19)14(20)7-9/h1-8,19-20H,(H,17,18). The van der Waals surface area contributed by atoms with Crippen molar-refractivity contribution in [1.82, 2.24) is 4.98 Å². The van der Waals surface area contributed by atoms with Crippen LogP contribution in [-0.4, -0.2) is 15.2 Å². The Morgan fingerprint density at radius 1 is 1.05 bits per heavy atom. The van der Waals surface area contributed by atoms with E-state index in [9.17, 15) is 10.2 Å². The summed E-state index contributed by atoms with van der Waals surface area (Å²) in [6.45, 7) is 0. The minimum Gasteiger partial charge on any atom is -0.504 e. The zero-order valence-corrected chi connectivity index (χ0v) is 13.1. The van der Waals surface area contributed by atoms with Crippen molar-refractivity contribution in [3.8, 4) is 22.8 Å². The lowest BCUT2D eigenvalue weighted by Crippen LogP contribution is -1.90. The van der Waals surface area contributed by atoms with Gasteiger partial charge in [0.15, 0.2) is 16.6 Å². The fraction of sp³-hybridized carbons (Fsp3) is 0. The minimum atomic E-state index is -0.152. The normalized spacial score (nSPS) is 10.5. The first-order valence-electron chi connectivity index (χ1n) is 6.13. The maximum Gasteiger partial charge on any atom is 0.187 e. The van der Waals surface area contributed by atoms with Gasteiger partial charge in [0.25, 0.3) is 0 Å². The van der Waals surface area contributed by atoms with Crippen molar-refractivity contribution >= 4 is 38.1 Å². The molecule has 0 spiro atoms. The highest BCUT2D eigenvalue weighted by atomic mass is 79.9. The highest BCUT2D eigenvalue weighted by Gasteiger charge is 2.08. The van der Waals surface area contributed by atoms with Gasteiger partial charge < -0.3 is 15.5 Å². The molecule has 0 aliphatic heterocycles. The zero-order valence-electron chi connectivity index (χ0n) is 10.7. The summed E-state index contributed by atoms with van der Waals surface area (Å²) in [5.41, 5.74) is 2.43. The van der Waals surface area contributed by atoms with Crippen LogP contribution in [0.25, 0.3) is 11.3 Å². The summed E-state index contributed by atoms with van der Waals surface area (Å²) in [5.74, 6) is -0.290. The second kappa shape index (κ2) is 5.75. The van der Waals surface area contributed by atoms with Crippen LogP contribution in [0.4, 0.5) is 10.8 Å². The molecule has 0 bridgehead atoms. The summed E-state index contributed by atoms with van der Waals surface area (Å²) in [5, 5.41) is 24.8. The summed E-state index contributed by atoms with van der Waals surface area (Å²) in [4.78, 5) is 4.48. The van der Waals surface area contributed by atoms with Gasteiger partial charge in [-0.2, -0.15) is 0 Å². The van der Waals surface area contributed by atoms with Gasteiger partial charge in [-0.1, -0.05) is 12.1 Å². The molecule has 1 aromatic heterocycles. The molecule has 6 heteroatoms. The molecule has 0 unspecified atom stereocenters. The van der Waals surface area contributed by atoms with E-state index in [-0.39, 0.29) is 11.5 Å². The topological polar surface area (TPSA) is 65.4 Å². The van der Waals surface area contributed by atoms with Gasteiger partial charge in [-0.25, -0.2) is 4.98 Å². The number of phenolic OH excluding ortho intramolecular Hbond substituents is 2. The van der Waals surface area contributed by atoms with Crippen molar-refractivity contribution in [3.63, 3.8) is 0 Å². The van der Waals surface area contributed by atoms with Crippen molar-refractivity contribution < 1.29 is 10.2 Å². The van der Waals surface area contributed by atoms with Crippen LogP contribution in [-0.2, 0) is 0 Å². The fourth-order valence-corrected chi connectivity index (χ4v) is 2.94. The summed E-state index contributed by atoms with van der Waals surface area (Å²) in [7, 11) is 0. The Hall–Kier alpha value is -2.05. The van der Waals surface area contributed by atoms with Crippen LogP contribution in [0.3, 0.4) is 0 Å². The van der Waals surface area contributed by atoms with E-state index in [1.165, 1.54) is 23.5 Å². The third kappa shape index (κ3) is 3.01. The molecule has 3 rings (SSSR count). The molecular weight excluding hydrogens is 352 g/mol. The maximum absolute atomic E-state index is 9.54. The molecule has 106 valence electrons. The molecule has 0 atom stereocenters. The number of nitrogens with one attached hydrogen (secondary N) is 1. The number of thiazole rings is 1. The smallest absolute Gasteiger partial charge is 0.187 e. The van der Waals surface area contributed by atoms with Crippen molar-refractivity contribution in [2.75, 3.05) is 5.32 Å². The van der Waals surface area contributed by atoms with Gasteiger partial charge in [0.2, 0.25) is 0 Å². The molecule has 21 heavy (non-hydrogen) atoms. The summed E-state index contributed by atoms with van der Waals surface area (Å²) in [6, 6.07) is 12.5. The van der Waals surface area contributed by atoms with Gasteiger partial charge in [0, 0.05) is 15.4 Å². The number of benzene rings is 2. The molecule has 0 aliphatic rings. The zero-order chi connectivity index (χ0) is 14.8. The Kier molecular flexibility index (Phi) is 3.81. The first-order valence-corrected chi connectivity index (χ1v) is 7.80. The van der Waals surface area contributed by atoms with E-state index < -0.39 is 0 Å². The van der Waals surface area contributed by atoms with E-state index >= 15 is 0 Å². The van der Waals surface area contributed by atoms with E-state index in [1.807, 2.05) is 29.6 Å². The molecule has 1 heterocycles. The quantitative estimate of drug-likeness (QED) is 0.589. The molecule has 3 N–H and O–H groups in total. The lowest BCUT2D eigenvalue weighted by Gasteiger charge is -2.04. The first kappa shape index (κ1) is 13.9. The van der Waals surface area contributed by atoms with Crippen molar-refractivity contribution in [3.05, 3.63) is 52.3 Å². The van der Waals surface area contributed by atoms with E-state index in [2.05, 4.69) is 26.2 Å². The lowest BCUT2D eigenvalue weighted by molar-refractivity contribution is 0.404. The SMILES string of the molecule is Oc1ccc(-c2csc(Nc3ccccc3Br)n2)cc1O. The van der Waals surface area contributed by atoms with E-state index in [4.69, 9.17) is 0 Å². The van der Waals surface area contributed by atoms with E-state index in [1.54, 1.807) is 6.07 Å². The predicted octanol–water partition coefficient (Wildman–Crippen LogP) is 4.73. The average molecular weight is 363 g/mol. The molecule has 0 aliphatic carbocycles. The average Bonchev–Trinajstić information content (AvgIpc) is 2.93. The molecule has 0 fully saturated rings. The number of halogens is 1. The largest absolute Gasteiger partial charge is 0.504 e. The number of aromatic nitrogens is 1. The van der Waals surface area contributed by atoms with Gasteiger partial charge >= 0.3 is 0 Å². The Labute approximate surface area is 133 Å². The predicted molar refractivity (Wildman–Crippen MR) is 88.3 cm³/mol. The second-order valence-electron chi connectivity index (χ2n) is 4.35. The van der Waals surface area contributed by atoms with Gasteiger partial charge in [-0.3, -0.25) is 0 Å². The van der Waals surface area contributed by atoms with Gasteiger partial charge in [-0.05, 0) is 46.3 Å². The number of aromatic hydroxyl groups is 2. The first-order chi connectivity index (χ1) is 10.1. The highest BCUT2D eigenvalue weighted by Crippen LogP contribution is 2.33. The van der Waals surface area contributed by atoms with Crippen molar-refractivity contribution in [2.45, 2.75) is 0 Å². The van der Waals surface area contributed by atoms with Crippen LogP contribution >= 0.6 is 27.3 Å². The number of phenols is 2. The van der Waals surface area contributed by atoms with Crippen LogP contribution in [0, 0.1) is 0 Å².